The number of hydrogen-bond donors (Lipinski definition) is 2. The van der Waals surface area contributed by atoms with Crippen LogP contribution in [0.3, 0.4) is 0 Å². The first kappa shape index (κ1) is 26.3. The third-order valence-electron chi connectivity index (χ3n) is 6.41. The van der Waals surface area contributed by atoms with E-state index in [0.717, 1.165) is 18.0 Å². The first-order valence-corrected chi connectivity index (χ1v) is 12.0. The second-order valence-electron chi connectivity index (χ2n) is 9.31. The Morgan fingerprint density at radius 1 is 1.22 bits per heavy atom. The Morgan fingerprint density at radius 2 is 1.95 bits per heavy atom. The van der Waals surface area contributed by atoms with Crippen molar-refractivity contribution < 1.29 is 17.6 Å². The molecule has 1 fully saturated rings. The van der Waals surface area contributed by atoms with E-state index < -0.39 is 17.6 Å². The third-order valence-corrected chi connectivity index (χ3v) is 6.41. The highest BCUT2D eigenvalue weighted by molar-refractivity contribution is 5.63. The Balaban J connectivity index is 1.61. The lowest BCUT2D eigenvalue weighted by atomic mass is 9.95. The molecule has 4 rings (SSSR count). The average Bonchev–Trinajstić information content (AvgIpc) is 3.27. The fourth-order valence-electron chi connectivity index (χ4n) is 4.54. The number of nitrogens with one attached hydrogen (secondary N) is 1. The van der Waals surface area contributed by atoms with Crippen LogP contribution in [0.15, 0.2) is 30.7 Å². The predicted molar refractivity (Wildman–Crippen MR) is 131 cm³/mol. The highest BCUT2D eigenvalue weighted by Gasteiger charge is 2.35. The van der Waals surface area contributed by atoms with Gasteiger partial charge in [0.15, 0.2) is 5.82 Å². The van der Waals surface area contributed by atoms with E-state index in [-0.39, 0.29) is 28.9 Å². The summed E-state index contributed by atoms with van der Waals surface area (Å²) in [6, 6.07) is 5.29. The second-order valence-corrected chi connectivity index (χ2v) is 9.31. The lowest BCUT2D eigenvalue weighted by Gasteiger charge is -2.33. The van der Waals surface area contributed by atoms with Gasteiger partial charge in [-0.05, 0) is 31.0 Å². The van der Waals surface area contributed by atoms with Gasteiger partial charge in [0.05, 0.1) is 11.3 Å². The van der Waals surface area contributed by atoms with Gasteiger partial charge >= 0.3 is 6.18 Å². The summed E-state index contributed by atoms with van der Waals surface area (Å²) in [6.07, 6.45) is -0.349. The number of halogens is 4. The van der Waals surface area contributed by atoms with Crippen LogP contribution in [0.25, 0.3) is 11.3 Å². The smallest absolute Gasteiger partial charge is 0.382 e. The van der Waals surface area contributed by atoms with E-state index in [1.165, 1.54) is 12.4 Å². The van der Waals surface area contributed by atoms with E-state index in [4.69, 9.17) is 10.7 Å². The molecule has 8 nitrogen and oxygen atoms in total. The zero-order valence-corrected chi connectivity index (χ0v) is 20.6. The summed E-state index contributed by atoms with van der Waals surface area (Å²) in [7, 11) is 0. The van der Waals surface area contributed by atoms with Crippen molar-refractivity contribution in [2.75, 3.05) is 30.3 Å². The topological polar surface area (TPSA) is 109 Å². The molecule has 1 aliphatic rings. The van der Waals surface area contributed by atoms with E-state index in [9.17, 15) is 22.8 Å². The first-order chi connectivity index (χ1) is 17.6. The monoisotopic (exact) mass is 516 g/mol. The summed E-state index contributed by atoms with van der Waals surface area (Å²) in [5.74, 6) is 0.109. The van der Waals surface area contributed by atoms with Gasteiger partial charge in [-0.3, -0.25) is 0 Å². The molecule has 3 aromatic rings. The molecule has 0 spiro atoms. The van der Waals surface area contributed by atoms with E-state index in [2.05, 4.69) is 21.4 Å². The number of piperidine rings is 1. The van der Waals surface area contributed by atoms with Crippen LogP contribution < -0.4 is 16.0 Å². The number of rotatable bonds is 7. The van der Waals surface area contributed by atoms with Gasteiger partial charge in [-0.2, -0.15) is 18.4 Å². The molecule has 1 aliphatic heterocycles. The van der Waals surface area contributed by atoms with Gasteiger partial charge in [0, 0.05) is 49.9 Å². The molecule has 3 heterocycles. The van der Waals surface area contributed by atoms with Gasteiger partial charge in [-0.15, -0.1) is 0 Å². The van der Waals surface area contributed by atoms with Crippen LogP contribution in [-0.2, 0) is 12.7 Å². The van der Waals surface area contributed by atoms with Crippen LogP contribution in [0.2, 0.25) is 0 Å². The van der Waals surface area contributed by atoms with E-state index >= 15 is 0 Å². The summed E-state index contributed by atoms with van der Waals surface area (Å²) in [4.78, 5) is 14.8. The molecule has 0 radical (unpaired) electrons. The summed E-state index contributed by atoms with van der Waals surface area (Å²) < 4.78 is 55.7. The van der Waals surface area contributed by atoms with E-state index in [1.54, 1.807) is 6.20 Å². The van der Waals surface area contributed by atoms with Gasteiger partial charge in [0.25, 0.3) is 0 Å². The Bertz CT molecular complexity index is 1290. The molecule has 37 heavy (non-hydrogen) atoms. The maximum Gasteiger partial charge on any atom is 0.419 e. The van der Waals surface area contributed by atoms with Crippen LogP contribution in [0.1, 0.15) is 49.6 Å². The fourth-order valence-corrected chi connectivity index (χ4v) is 4.54. The molecule has 0 aliphatic carbocycles. The van der Waals surface area contributed by atoms with E-state index in [0.29, 0.717) is 50.5 Å². The normalized spacial score (nSPS) is 14.8. The molecule has 3 N–H and O–H groups in total. The Morgan fingerprint density at radius 3 is 2.59 bits per heavy atom. The quantitative estimate of drug-likeness (QED) is 0.450. The number of nitrogens with two attached hydrogens (primary N) is 1. The van der Waals surface area contributed by atoms with Gasteiger partial charge in [-0.1, -0.05) is 13.8 Å². The Kier molecular flexibility index (Phi) is 7.63. The summed E-state index contributed by atoms with van der Waals surface area (Å²) in [5, 5.41) is 12.8. The SMILES string of the molecule is CC(C)NCCn1cc(-c2ccc(F)c(C(F)(F)F)c2)nc1C1CCN(c2ncnc(N)c2C#N)CC1. The number of benzene rings is 1. The molecule has 0 amide bonds. The fraction of sp³-hybridized carbons (Fsp3) is 0.440. The molecule has 2 aromatic heterocycles. The molecule has 1 aromatic carbocycles. The third kappa shape index (κ3) is 5.83. The minimum atomic E-state index is -4.80. The summed E-state index contributed by atoms with van der Waals surface area (Å²) in [6.45, 7) is 6.48. The summed E-state index contributed by atoms with van der Waals surface area (Å²) in [5.41, 5.74) is 5.33. The predicted octanol–water partition coefficient (Wildman–Crippen LogP) is 4.33. The molecule has 0 bridgehead atoms. The lowest BCUT2D eigenvalue weighted by Crippen LogP contribution is -2.35. The van der Waals surface area contributed by atoms with Crippen LogP contribution in [-0.4, -0.2) is 45.2 Å². The lowest BCUT2D eigenvalue weighted by molar-refractivity contribution is -0.139. The maximum absolute atomic E-state index is 13.9. The summed E-state index contributed by atoms with van der Waals surface area (Å²) >= 11 is 0. The van der Waals surface area contributed by atoms with Crippen molar-refractivity contribution in [3.05, 3.63) is 53.5 Å². The highest BCUT2D eigenvalue weighted by Crippen LogP contribution is 2.36. The second kappa shape index (κ2) is 10.7. The minimum Gasteiger partial charge on any atom is -0.382 e. The molecular formula is C25H28F4N8. The van der Waals surface area contributed by atoms with Crippen molar-refractivity contribution in [1.82, 2.24) is 24.8 Å². The number of alkyl halides is 3. The van der Waals surface area contributed by atoms with Crippen molar-refractivity contribution in [3.63, 3.8) is 0 Å². The zero-order chi connectivity index (χ0) is 26.7. The molecule has 0 atom stereocenters. The van der Waals surface area contributed by atoms with Gasteiger partial charge in [0.2, 0.25) is 0 Å². The highest BCUT2D eigenvalue weighted by atomic mass is 19.4. The number of nitrogen functional groups attached to an aromatic ring is 1. The molecule has 12 heteroatoms. The van der Waals surface area contributed by atoms with Crippen LogP contribution in [0.5, 0.6) is 0 Å². The number of anilines is 2. The molecule has 0 saturated carbocycles. The van der Waals surface area contributed by atoms with Gasteiger partial charge < -0.3 is 20.5 Å². The first-order valence-electron chi connectivity index (χ1n) is 12.0. The van der Waals surface area contributed by atoms with Gasteiger partial charge in [0.1, 0.15) is 35.4 Å². The van der Waals surface area contributed by atoms with Gasteiger partial charge in [-0.25, -0.2) is 19.3 Å². The molecular weight excluding hydrogens is 488 g/mol. The average molecular weight is 517 g/mol. The van der Waals surface area contributed by atoms with Crippen LogP contribution in [0, 0.1) is 17.1 Å². The zero-order valence-electron chi connectivity index (χ0n) is 20.6. The standard InChI is InChI=1S/C25H28F4N8/c1-15(2)32-7-10-37-13-21(17-3-4-20(26)19(11-17)25(27,28)29)35-23(37)16-5-8-36(9-6-16)24-18(12-30)22(31)33-14-34-24/h3-4,11,13-16,32H,5-10H2,1-2H3,(H2,31,33,34). The van der Waals surface area contributed by atoms with E-state index in [1.807, 2.05) is 23.3 Å². The van der Waals surface area contributed by atoms with Crippen molar-refractivity contribution in [2.24, 2.45) is 0 Å². The Labute approximate surface area is 212 Å². The van der Waals surface area contributed by atoms with Crippen molar-refractivity contribution in [1.29, 1.82) is 5.26 Å². The number of hydrogen-bond acceptors (Lipinski definition) is 7. The molecule has 1 saturated heterocycles. The minimum absolute atomic E-state index is 0.0382. The molecule has 0 unspecified atom stereocenters. The Hall–Kier alpha value is -3.72. The van der Waals surface area contributed by atoms with Crippen molar-refractivity contribution in [2.45, 2.75) is 51.4 Å². The number of nitriles is 1. The number of aromatic nitrogens is 4. The van der Waals surface area contributed by atoms with Crippen LogP contribution >= 0.6 is 0 Å². The van der Waals surface area contributed by atoms with Crippen molar-refractivity contribution >= 4 is 11.6 Å². The van der Waals surface area contributed by atoms with Crippen LogP contribution in [0.4, 0.5) is 29.2 Å². The largest absolute Gasteiger partial charge is 0.419 e. The van der Waals surface area contributed by atoms with Crippen molar-refractivity contribution in [3.8, 4) is 17.3 Å². The maximum atomic E-state index is 13.9. The molecule has 196 valence electrons. The number of nitrogens with zero attached hydrogens (tertiary/aromatic N) is 6. The number of imidazole rings is 1.